The zero-order chi connectivity index (χ0) is 12.9. The van der Waals surface area contributed by atoms with E-state index in [1.54, 1.807) is 19.1 Å². The number of hydrogen-bond donors (Lipinski definition) is 1. The lowest BCUT2D eigenvalue weighted by Crippen LogP contribution is -2.17. The third-order valence-corrected chi connectivity index (χ3v) is 3.79. The van der Waals surface area contributed by atoms with Crippen LogP contribution in [0.25, 0.3) is 0 Å². The number of aliphatic hydroxyl groups is 1. The van der Waals surface area contributed by atoms with Crippen molar-refractivity contribution >= 4 is 9.84 Å². The molecule has 0 spiro atoms. The second kappa shape index (κ2) is 5.93. The minimum atomic E-state index is -3.41. The first-order valence-electron chi connectivity index (χ1n) is 5.20. The van der Waals surface area contributed by atoms with Crippen LogP contribution in [0.15, 0.2) is 36.4 Å². The van der Waals surface area contributed by atoms with E-state index in [1.807, 2.05) is 0 Å². The Morgan fingerprint density at radius 2 is 2.06 bits per heavy atom. The van der Waals surface area contributed by atoms with Crippen molar-refractivity contribution in [2.24, 2.45) is 0 Å². The summed E-state index contributed by atoms with van der Waals surface area (Å²) >= 11 is 0. The van der Waals surface area contributed by atoms with Crippen LogP contribution in [0.5, 0.6) is 0 Å². The van der Waals surface area contributed by atoms with Gasteiger partial charge in [-0.2, -0.15) is 0 Å². The van der Waals surface area contributed by atoms with E-state index >= 15 is 0 Å². The summed E-state index contributed by atoms with van der Waals surface area (Å²) in [5, 5.41) is 9.69. The molecule has 0 saturated heterocycles. The maximum absolute atomic E-state index is 13.3. The molecule has 0 bridgehead atoms. The molecule has 17 heavy (non-hydrogen) atoms. The number of halogens is 1. The maximum atomic E-state index is 13.3. The van der Waals surface area contributed by atoms with E-state index < -0.39 is 27.5 Å². The molecule has 0 saturated carbocycles. The lowest BCUT2D eigenvalue weighted by Gasteiger charge is -2.11. The standard InChI is InChI=1S/C12H15FO3S/c1-2-3-8-17(15,16)9-12(14)10-6-4-5-7-11(10)13/h2-7,12,14H,8-9H2,1H3. The summed E-state index contributed by atoms with van der Waals surface area (Å²) in [5.41, 5.74) is 0.0107. The average Bonchev–Trinajstić information content (AvgIpc) is 2.26. The van der Waals surface area contributed by atoms with Gasteiger partial charge in [0.05, 0.1) is 17.6 Å². The zero-order valence-electron chi connectivity index (χ0n) is 9.51. The highest BCUT2D eigenvalue weighted by Gasteiger charge is 2.19. The van der Waals surface area contributed by atoms with Crippen LogP contribution >= 0.6 is 0 Å². The molecule has 1 aromatic carbocycles. The van der Waals surface area contributed by atoms with E-state index in [0.717, 1.165) is 0 Å². The van der Waals surface area contributed by atoms with E-state index in [2.05, 4.69) is 0 Å². The molecule has 0 aliphatic rings. The van der Waals surface area contributed by atoms with Crippen LogP contribution in [-0.4, -0.2) is 25.0 Å². The monoisotopic (exact) mass is 258 g/mol. The van der Waals surface area contributed by atoms with Crippen LogP contribution < -0.4 is 0 Å². The quantitative estimate of drug-likeness (QED) is 0.820. The van der Waals surface area contributed by atoms with Crippen molar-refractivity contribution < 1.29 is 17.9 Å². The Labute approximate surface area is 101 Å². The Balaban J connectivity index is 2.80. The van der Waals surface area contributed by atoms with Crippen molar-refractivity contribution in [2.75, 3.05) is 11.5 Å². The minimum absolute atomic E-state index is 0.0107. The van der Waals surface area contributed by atoms with Crippen molar-refractivity contribution in [3.63, 3.8) is 0 Å². The van der Waals surface area contributed by atoms with Gasteiger partial charge in [-0.25, -0.2) is 12.8 Å². The van der Waals surface area contributed by atoms with E-state index in [1.165, 1.54) is 24.3 Å². The molecular weight excluding hydrogens is 243 g/mol. The van der Waals surface area contributed by atoms with Crippen LogP contribution in [0.4, 0.5) is 4.39 Å². The molecule has 0 radical (unpaired) electrons. The number of benzene rings is 1. The number of sulfone groups is 1. The molecule has 1 rings (SSSR count). The van der Waals surface area contributed by atoms with Gasteiger partial charge in [0.25, 0.3) is 0 Å². The molecule has 1 N–H and O–H groups in total. The summed E-state index contributed by atoms with van der Waals surface area (Å²) < 4.78 is 36.4. The summed E-state index contributed by atoms with van der Waals surface area (Å²) in [6, 6.07) is 5.61. The molecule has 5 heteroatoms. The first kappa shape index (κ1) is 13.9. The van der Waals surface area contributed by atoms with Gasteiger partial charge in [-0.1, -0.05) is 30.4 Å². The molecule has 0 heterocycles. The molecule has 1 atom stereocenters. The van der Waals surface area contributed by atoms with Gasteiger partial charge in [0.1, 0.15) is 5.82 Å². The first-order chi connectivity index (χ1) is 7.96. The number of rotatable bonds is 5. The normalized spacial score (nSPS) is 14.1. The second-order valence-electron chi connectivity index (χ2n) is 3.68. The van der Waals surface area contributed by atoms with E-state index in [0.29, 0.717) is 0 Å². The van der Waals surface area contributed by atoms with E-state index in [9.17, 15) is 17.9 Å². The van der Waals surface area contributed by atoms with Crippen LogP contribution in [0, 0.1) is 5.82 Å². The molecule has 0 aliphatic carbocycles. The van der Waals surface area contributed by atoms with E-state index in [4.69, 9.17) is 0 Å². The Morgan fingerprint density at radius 1 is 1.41 bits per heavy atom. The largest absolute Gasteiger partial charge is 0.387 e. The highest BCUT2D eigenvalue weighted by atomic mass is 32.2. The van der Waals surface area contributed by atoms with Gasteiger partial charge in [0.15, 0.2) is 9.84 Å². The molecule has 1 aromatic rings. The van der Waals surface area contributed by atoms with Gasteiger partial charge in [-0.15, -0.1) is 0 Å². The number of aliphatic hydroxyl groups excluding tert-OH is 1. The molecule has 1 unspecified atom stereocenters. The fraction of sp³-hybridized carbons (Fsp3) is 0.333. The maximum Gasteiger partial charge on any atom is 0.156 e. The SMILES string of the molecule is CC=CCS(=O)(=O)CC(O)c1ccccc1F. The number of hydrogen-bond acceptors (Lipinski definition) is 3. The van der Waals surface area contributed by atoms with Crippen LogP contribution in [0.2, 0.25) is 0 Å². The van der Waals surface area contributed by atoms with Crippen molar-refractivity contribution in [1.82, 2.24) is 0 Å². The van der Waals surface area contributed by atoms with Crippen molar-refractivity contribution in [2.45, 2.75) is 13.0 Å². The summed E-state index contributed by atoms with van der Waals surface area (Å²) in [6.45, 7) is 1.71. The lowest BCUT2D eigenvalue weighted by molar-refractivity contribution is 0.196. The van der Waals surface area contributed by atoms with Crippen LogP contribution in [0.1, 0.15) is 18.6 Å². The Kier molecular flexibility index (Phi) is 4.84. The minimum Gasteiger partial charge on any atom is -0.387 e. The van der Waals surface area contributed by atoms with Gasteiger partial charge < -0.3 is 5.11 Å². The van der Waals surface area contributed by atoms with Gasteiger partial charge in [-0.05, 0) is 13.0 Å². The smallest absolute Gasteiger partial charge is 0.156 e. The van der Waals surface area contributed by atoms with Crippen molar-refractivity contribution in [1.29, 1.82) is 0 Å². The molecule has 94 valence electrons. The summed E-state index contributed by atoms with van der Waals surface area (Å²) in [5.74, 6) is -1.21. The second-order valence-corrected chi connectivity index (χ2v) is 5.84. The highest BCUT2D eigenvalue weighted by Crippen LogP contribution is 2.18. The third kappa shape index (κ3) is 4.28. The predicted molar refractivity (Wildman–Crippen MR) is 64.8 cm³/mol. The van der Waals surface area contributed by atoms with Crippen molar-refractivity contribution in [3.05, 3.63) is 47.8 Å². The first-order valence-corrected chi connectivity index (χ1v) is 7.02. The fourth-order valence-electron chi connectivity index (χ4n) is 1.39. The van der Waals surface area contributed by atoms with Gasteiger partial charge in [0, 0.05) is 5.56 Å². The lowest BCUT2D eigenvalue weighted by atomic mass is 10.1. The molecule has 0 aromatic heterocycles. The summed E-state index contributed by atoms with van der Waals surface area (Å²) in [7, 11) is -3.41. The Hall–Kier alpha value is -1.20. The Morgan fingerprint density at radius 3 is 2.65 bits per heavy atom. The van der Waals surface area contributed by atoms with Gasteiger partial charge >= 0.3 is 0 Å². The molecule has 0 fully saturated rings. The molecule has 0 amide bonds. The molecular formula is C12H15FO3S. The van der Waals surface area contributed by atoms with Crippen molar-refractivity contribution in [3.8, 4) is 0 Å². The van der Waals surface area contributed by atoms with Crippen LogP contribution in [0.3, 0.4) is 0 Å². The number of allylic oxidation sites excluding steroid dienone is 1. The average molecular weight is 258 g/mol. The van der Waals surface area contributed by atoms with Gasteiger partial charge in [-0.3, -0.25) is 0 Å². The zero-order valence-corrected chi connectivity index (χ0v) is 10.3. The third-order valence-electron chi connectivity index (χ3n) is 2.26. The summed E-state index contributed by atoms with van der Waals surface area (Å²) in [4.78, 5) is 0. The summed E-state index contributed by atoms with van der Waals surface area (Å²) in [6.07, 6.45) is 1.78. The van der Waals surface area contributed by atoms with Crippen LogP contribution in [-0.2, 0) is 9.84 Å². The predicted octanol–water partition coefficient (Wildman–Crippen LogP) is 1.85. The topological polar surface area (TPSA) is 54.4 Å². The molecule has 0 aliphatic heterocycles. The Bertz CT molecular complexity index is 494. The molecule has 3 nitrogen and oxygen atoms in total. The fourth-order valence-corrected chi connectivity index (χ4v) is 2.67. The van der Waals surface area contributed by atoms with E-state index in [-0.39, 0.29) is 11.3 Å². The highest BCUT2D eigenvalue weighted by molar-refractivity contribution is 7.91. The van der Waals surface area contributed by atoms with Gasteiger partial charge in [0.2, 0.25) is 0 Å².